The zero-order valence-electron chi connectivity index (χ0n) is 29.1. The highest BCUT2D eigenvalue weighted by molar-refractivity contribution is 5.92. The second-order valence-corrected chi connectivity index (χ2v) is 12.9. The molecule has 0 amide bonds. The maximum Gasteiger partial charge on any atom is 0.331 e. The highest BCUT2D eigenvalue weighted by Crippen LogP contribution is 2.46. The average Bonchev–Trinajstić information content (AvgIpc) is 3.09. The highest BCUT2D eigenvalue weighted by Gasteiger charge is 2.47. The van der Waals surface area contributed by atoms with E-state index >= 15 is 0 Å². The predicted molar refractivity (Wildman–Crippen MR) is 186 cm³/mol. The average molecular weight is 671 g/mol. The van der Waals surface area contributed by atoms with E-state index in [2.05, 4.69) is 10.6 Å². The van der Waals surface area contributed by atoms with E-state index in [0.29, 0.717) is 11.4 Å². The van der Waals surface area contributed by atoms with Crippen LogP contribution in [0.2, 0.25) is 0 Å². The van der Waals surface area contributed by atoms with Gasteiger partial charge in [0.15, 0.2) is 0 Å². The molecule has 0 spiro atoms. The summed E-state index contributed by atoms with van der Waals surface area (Å²) in [5.41, 5.74) is 3.36. The molecular weight excluding hydrogens is 624 g/mol. The quantitative estimate of drug-likeness (QED) is 0.134. The van der Waals surface area contributed by atoms with Gasteiger partial charge in [-0.05, 0) is 94.3 Å². The molecule has 2 N–H and O–H groups in total. The van der Waals surface area contributed by atoms with Gasteiger partial charge in [0.25, 0.3) is 0 Å². The summed E-state index contributed by atoms with van der Waals surface area (Å²) in [5.74, 6) is -3.38. The summed E-state index contributed by atoms with van der Waals surface area (Å²) in [6, 6.07) is 21.8. The van der Waals surface area contributed by atoms with Gasteiger partial charge in [-0.15, -0.1) is 0 Å². The van der Waals surface area contributed by atoms with Crippen molar-refractivity contribution in [3.63, 3.8) is 0 Å². The molecule has 4 atom stereocenters. The van der Waals surface area contributed by atoms with Gasteiger partial charge in [-0.1, -0.05) is 54.6 Å². The van der Waals surface area contributed by atoms with Crippen LogP contribution in [-0.2, 0) is 38.1 Å². The van der Waals surface area contributed by atoms with E-state index in [0.717, 1.165) is 27.8 Å². The molecule has 2 heterocycles. The molecule has 0 saturated heterocycles. The molecular formula is C39H46N2O8. The van der Waals surface area contributed by atoms with Crippen molar-refractivity contribution >= 4 is 35.3 Å². The van der Waals surface area contributed by atoms with E-state index in [1.165, 1.54) is 0 Å². The number of anilines is 2. The van der Waals surface area contributed by atoms with E-state index < -0.39 is 46.8 Å². The molecule has 0 fully saturated rings. The second kappa shape index (κ2) is 14.7. The van der Waals surface area contributed by atoms with Crippen molar-refractivity contribution in [2.24, 2.45) is 0 Å². The van der Waals surface area contributed by atoms with E-state index in [9.17, 15) is 19.2 Å². The first kappa shape index (κ1) is 35.4. The normalized spacial score (nSPS) is 23.0. The number of hydrogen-bond donors (Lipinski definition) is 2. The number of esters is 4. The van der Waals surface area contributed by atoms with Crippen molar-refractivity contribution in [2.45, 2.75) is 83.2 Å². The van der Waals surface area contributed by atoms with Crippen molar-refractivity contribution in [3.8, 4) is 0 Å². The molecule has 10 nitrogen and oxygen atoms in total. The third-order valence-corrected chi connectivity index (χ3v) is 9.34. The molecule has 4 unspecified atom stereocenters. The summed E-state index contributed by atoms with van der Waals surface area (Å²) in [7, 11) is 0. The van der Waals surface area contributed by atoms with Crippen LogP contribution in [0.15, 0.2) is 66.7 Å². The summed E-state index contributed by atoms with van der Waals surface area (Å²) in [5, 5.41) is 6.70. The number of rotatable bonds is 11. The molecule has 0 saturated carbocycles. The van der Waals surface area contributed by atoms with Crippen LogP contribution in [0, 0.1) is 0 Å². The molecule has 0 radical (unpaired) electrons. The van der Waals surface area contributed by atoms with Crippen LogP contribution < -0.4 is 10.6 Å². The number of carbonyl (C=O) groups is 4. The van der Waals surface area contributed by atoms with Crippen molar-refractivity contribution in [1.29, 1.82) is 0 Å². The Morgan fingerprint density at radius 2 is 1.02 bits per heavy atom. The number of ether oxygens (including phenoxy) is 4. The van der Waals surface area contributed by atoms with Gasteiger partial charge in [0.2, 0.25) is 0 Å². The minimum absolute atomic E-state index is 0.169. The van der Waals surface area contributed by atoms with E-state index in [4.69, 9.17) is 18.9 Å². The zero-order chi connectivity index (χ0) is 35.3. The Morgan fingerprint density at radius 3 is 1.41 bits per heavy atom. The maximum absolute atomic E-state index is 13.4. The van der Waals surface area contributed by atoms with Crippen LogP contribution in [0.5, 0.6) is 0 Å². The Morgan fingerprint density at radius 1 is 0.612 bits per heavy atom. The standard InChI is InChI=1S/C39H46N2O8/c1-7-46-34(42)29-22-38(5,36(44)48-9-3)40-31-18-16-25(20-27(29)31)33(24-14-12-11-13-15-24)26-17-19-32-28(21-26)30(35(43)47-8-2)23-39(6,41-32)37(45)49-10-4/h11-21,29-30,33,40-41H,7-10,22-23H2,1-6H3. The minimum atomic E-state index is -1.12. The zero-order valence-corrected chi connectivity index (χ0v) is 29.1. The summed E-state index contributed by atoms with van der Waals surface area (Å²) >= 11 is 0. The maximum atomic E-state index is 13.4. The first-order valence-corrected chi connectivity index (χ1v) is 17.0. The Kier molecular flexibility index (Phi) is 10.6. The molecule has 3 aromatic carbocycles. The Balaban J connectivity index is 1.63. The highest BCUT2D eigenvalue weighted by atomic mass is 16.5. The fraction of sp³-hybridized carbons (Fsp3) is 0.436. The third kappa shape index (κ3) is 7.14. The van der Waals surface area contributed by atoms with Gasteiger partial charge in [0, 0.05) is 17.3 Å². The van der Waals surface area contributed by atoms with Crippen LogP contribution in [0.25, 0.3) is 0 Å². The van der Waals surface area contributed by atoms with E-state index in [1.54, 1.807) is 41.5 Å². The summed E-state index contributed by atoms with van der Waals surface area (Å²) in [4.78, 5) is 52.9. The summed E-state index contributed by atoms with van der Waals surface area (Å²) in [6.45, 7) is 11.4. The molecule has 10 heteroatoms. The van der Waals surface area contributed by atoms with Crippen LogP contribution in [0.3, 0.4) is 0 Å². The van der Waals surface area contributed by atoms with Gasteiger partial charge in [-0.2, -0.15) is 0 Å². The number of benzene rings is 3. The fourth-order valence-electron chi connectivity index (χ4n) is 7.04. The van der Waals surface area contributed by atoms with Gasteiger partial charge in [-0.3, -0.25) is 9.59 Å². The van der Waals surface area contributed by atoms with Crippen LogP contribution in [0.4, 0.5) is 11.4 Å². The van der Waals surface area contributed by atoms with Crippen molar-refractivity contribution in [3.05, 3.63) is 94.5 Å². The van der Waals surface area contributed by atoms with E-state index in [-0.39, 0.29) is 45.2 Å². The summed E-state index contributed by atoms with van der Waals surface area (Å²) in [6.07, 6.45) is 0.337. The van der Waals surface area contributed by atoms with Crippen LogP contribution >= 0.6 is 0 Å². The SMILES string of the molecule is CCOC(=O)C1CC(C)(C(=O)OCC)Nc2ccc(C(c3ccccc3)c3ccc4c(c3)C(C(=O)OCC)CC(C)(C(=O)OCC)N4)cc21. The monoisotopic (exact) mass is 670 g/mol. The smallest absolute Gasteiger partial charge is 0.331 e. The Bertz CT molecular complexity index is 1600. The lowest BCUT2D eigenvalue weighted by atomic mass is 9.75. The molecule has 260 valence electrons. The Labute approximate surface area is 287 Å². The van der Waals surface area contributed by atoms with Gasteiger partial charge in [-0.25, -0.2) is 9.59 Å². The molecule has 5 rings (SSSR count). The van der Waals surface area contributed by atoms with E-state index in [1.807, 2.05) is 66.7 Å². The summed E-state index contributed by atoms with van der Waals surface area (Å²) < 4.78 is 21.8. The van der Waals surface area contributed by atoms with Crippen molar-refractivity contribution in [2.75, 3.05) is 37.1 Å². The van der Waals surface area contributed by atoms with Gasteiger partial charge >= 0.3 is 23.9 Å². The Hall–Kier alpha value is -4.86. The number of hydrogen-bond acceptors (Lipinski definition) is 10. The topological polar surface area (TPSA) is 129 Å². The molecule has 2 aliphatic rings. The van der Waals surface area contributed by atoms with Gasteiger partial charge < -0.3 is 29.6 Å². The molecule has 2 aliphatic heterocycles. The molecule has 0 aromatic heterocycles. The number of fused-ring (bicyclic) bond motifs is 2. The van der Waals surface area contributed by atoms with Crippen molar-refractivity contribution < 1.29 is 38.1 Å². The first-order valence-electron chi connectivity index (χ1n) is 17.0. The number of carbonyl (C=O) groups excluding carboxylic acids is 4. The second-order valence-electron chi connectivity index (χ2n) is 12.9. The largest absolute Gasteiger partial charge is 0.466 e. The van der Waals surface area contributed by atoms with Crippen molar-refractivity contribution in [1.82, 2.24) is 0 Å². The lowest BCUT2D eigenvalue weighted by molar-refractivity contribution is -0.152. The van der Waals surface area contributed by atoms with Gasteiger partial charge in [0.1, 0.15) is 11.1 Å². The molecule has 49 heavy (non-hydrogen) atoms. The third-order valence-electron chi connectivity index (χ3n) is 9.34. The molecule has 0 aliphatic carbocycles. The first-order chi connectivity index (χ1) is 23.5. The molecule has 3 aromatic rings. The minimum Gasteiger partial charge on any atom is -0.466 e. The molecule has 0 bridgehead atoms. The lowest BCUT2D eigenvalue weighted by Gasteiger charge is -2.39. The van der Waals surface area contributed by atoms with Gasteiger partial charge in [0.05, 0.1) is 38.3 Å². The predicted octanol–water partition coefficient (Wildman–Crippen LogP) is 6.44. The van der Waals surface area contributed by atoms with Crippen LogP contribution in [-0.4, -0.2) is 61.4 Å². The number of nitrogens with one attached hydrogen (secondary N) is 2. The fourth-order valence-corrected chi connectivity index (χ4v) is 7.04. The van der Waals surface area contributed by atoms with Crippen LogP contribution in [0.1, 0.15) is 100.0 Å². The lowest BCUT2D eigenvalue weighted by Crippen LogP contribution is -2.49.